The van der Waals surface area contributed by atoms with Gasteiger partial charge in [0, 0.05) is 10.7 Å². The molecule has 0 saturated carbocycles. The number of rotatable bonds is 2. The Labute approximate surface area is 95.4 Å². The summed E-state index contributed by atoms with van der Waals surface area (Å²) in [6.45, 7) is 0. The van der Waals surface area contributed by atoms with E-state index in [0.29, 0.717) is 0 Å². The fourth-order valence-corrected chi connectivity index (χ4v) is 3.19. The van der Waals surface area contributed by atoms with E-state index >= 15 is 0 Å². The van der Waals surface area contributed by atoms with E-state index in [1.54, 1.807) is 0 Å². The minimum atomic E-state index is -4.84. The fourth-order valence-electron chi connectivity index (χ4n) is 0.910. The monoisotopic (exact) mass is 316 g/mol. The Morgan fingerprint density at radius 1 is 1.20 bits per heavy atom. The lowest BCUT2D eigenvalue weighted by Crippen LogP contribution is -1.99. The lowest BCUT2D eigenvalue weighted by atomic mass is 10.4. The molecule has 0 aromatic heterocycles. The number of hydrogen-bond donors (Lipinski definition) is 0. The van der Waals surface area contributed by atoms with E-state index in [1.165, 1.54) is 0 Å². The predicted octanol–water partition coefficient (Wildman–Crippen LogP) is 1.51. The van der Waals surface area contributed by atoms with Crippen molar-refractivity contribution >= 4 is 36.0 Å². The van der Waals surface area contributed by atoms with Crippen LogP contribution in [-0.2, 0) is 20.1 Å². The van der Waals surface area contributed by atoms with Crippen molar-refractivity contribution in [2.45, 2.75) is 9.79 Å². The lowest BCUT2D eigenvalue weighted by Gasteiger charge is -2.02. The minimum Gasteiger partial charge on any atom is -0.224 e. The summed E-state index contributed by atoms with van der Waals surface area (Å²) < 4.78 is 55.8. The van der Waals surface area contributed by atoms with E-state index in [9.17, 15) is 20.7 Å². The maximum Gasteiger partial charge on any atom is 0.333 e. The van der Waals surface area contributed by atoms with Gasteiger partial charge in [-0.3, -0.25) is 0 Å². The molecule has 8 heteroatoms. The van der Waals surface area contributed by atoms with Gasteiger partial charge in [0.15, 0.2) is 9.84 Å². The van der Waals surface area contributed by atoms with E-state index < -0.39 is 25.0 Å². The van der Waals surface area contributed by atoms with Gasteiger partial charge in [0.2, 0.25) is 0 Å². The molecule has 0 amide bonds. The Kier molecular flexibility index (Phi) is 3.22. The molecule has 1 aromatic rings. The highest BCUT2D eigenvalue weighted by Gasteiger charge is 2.18. The number of halogens is 2. The lowest BCUT2D eigenvalue weighted by molar-refractivity contribution is 0.551. The smallest absolute Gasteiger partial charge is 0.224 e. The van der Waals surface area contributed by atoms with Crippen LogP contribution in [0.4, 0.5) is 3.89 Å². The Hall–Kier alpha value is -0.470. The molecule has 0 radical (unpaired) electrons. The molecule has 0 aliphatic carbocycles. The van der Waals surface area contributed by atoms with Gasteiger partial charge in [-0.2, -0.15) is 8.42 Å². The molecular weight excluding hydrogens is 311 g/mol. The third kappa shape index (κ3) is 2.99. The molecule has 0 N–H and O–H groups in total. The maximum absolute atomic E-state index is 12.6. The zero-order valence-electron chi connectivity index (χ0n) is 7.44. The molecule has 0 aliphatic rings. The summed E-state index contributed by atoms with van der Waals surface area (Å²) in [7, 11) is -8.27. The number of sulfone groups is 1. The van der Waals surface area contributed by atoms with E-state index in [2.05, 4.69) is 15.9 Å². The van der Waals surface area contributed by atoms with E-state index in [1.807, 2.05) is 0 Å². The summed E-state index contributed by atoms with van der Waals surface area (Å²) >= 11 is 2.79. The van der Waals surface area contributed by atoms with Crippen molar-refractivity contribution < 1.29 is 20.7 Å². The molecule has 0 atom stereocenters. The molecular formula is C7H6BrFO4S2. The predicted molar refractivity (Wildman–Crippen MR) is 55.5 cm³/mol. The quantitative estimate of drug-likeness (QED) is 0.776. The van der Waals surface area contributed by atoms with Gasteiger partial charge in [0.1, 0.15) is 4.90 Å². The van der Waals surface area contributed by atoms with Crippen LogP contribution in [0.3, 0.4) is 0 Å². The summed E-state index contributed by atoms with van der Waals surface area (Å²) in [5.41, 5.74) is 0. The molecule has 0 spiro atoms. The van der Waals surface area contributed by atoms with E-state index in [4.69, 9.17) is 0 Å². The first-order valence-electron chi connectivity index (χ1n) is 3.56. The summed E-state index contributed by atoms with van der Waals surface area (Å²) in [5.74, 6) is 0. The second-order valence-electron chi connectivity index (χ2n) is 2.80. The van der Waals surface area contributed by atoms with Crippen molar-refractivity contribution in [3.8, 4) is 0 Å². The van der Waals surface area contributed by atoms with Crippen LogP contribution < -0.4 is 0 Å². The summed E-state index contributed by atoms with van der Waals surface area (Å²) in [5, 5.41) is 0. The van der Waals surface area contributed by atoms with Crippen LogP contribution in [0.2, 0.25) is 0 Å². The summed E-state index contributed by atoms with van der Waals surface area (Å²) in [6, 6.07) is 2.98. The van der Waals surface area contributed by atoms with Crippen molar-refractivity contribution in [2.75, 3.05) is 6.26 Å². The largest absolute Gasteiger partial charge is 0.333 e. The zero-order valence-corrected chi connectivity index (χ0v) is 10.7. The van der Waals surface area contributed by atoms with Crippen LogP contribution >= 0.6 is 15.9 Å². The molecule has 4 nitrogen and oxygen atoms in total. The Balaban J connectivity index is 3.47. The normalized spacial score (nSPS) is 12.7. The molecule has 0 heterocycles. The second kappa shape index (κ2) is 3.84. The van der Waals surface area contributed by atoms with Crippen LogP contribution in [-0.4, -0.2) is 23.1 Å². The first-order valence-corrected chi connectivity index (χ1v) is 7.63. The molecule has 1 aromatic carbocycles. The topological polar surface area (TPSA) is 68.3 Å². The van der Waals surface area contributed by atoms with Crippen molar-refractivity contribution in [1.82, 2.24) is 0 Å². The van der Waals surface area contributed by atoms with Gasteiger partial charge in [-0.25, -0.2) is 8.42 Å². The van der Waals surface area contributed by atoms with Gasteiger partial charge in [-0.15, -0.1) is 3.89 Å². The van der Waals surface area contributed by atoms with E-state index in [-0.39, 0.29) is 9.37 Å². The Bertz CT molecular complexity index is 591. The van der Waals surface area contributed by atoms with Crippen LogP contribution in [0.15, 0.2) is 32.5 Å². The number of benzene rings is 1. The average molecular weight is 317 g/mol. The molecule has 0 unspecified atom stereocenters. The molecule has 0 bridgehead atoms. The highest BCUT2D eigenvalue weighted by atomic mass is 79.9. The van der Waals surface area contributed by atoms with Crippen LogP contribution in [0, 0.1) is 0 Å². The molecule has 0 saturated heterocycles. The van der Waals surface area contributed by atoms with Gasteiger partial charge in [0.25, 0.3) is 0 Å². The Morgan fingerprint density at radius 3 is 2.07 bits per heavy atom. The molecule has 1 rings (SSSR count). The average Bonchev–Trinajstić information content (AvgIpc) is 1.99. The van der Waals surface area contributed by atoms with Crippen molar-refractivity contribution in [3.63, 3.8) is 0 Å². The van der Waals surface area contributed by atoms with E-state index in [0.717, 1.165) is 24.5 Å². The maximum atomic E-state index is 12.6. The summed E-state index contributed by atoms with van der Waals surface area (Å²) in [4.78, 5) is -0.670. The third-order valence-electron chi connectivity index (χ3n) is 1.59. The molecule has 0 fully saturated rings. The summed E-state index contributed by atoms with van der Waals surface area (Å²) in [6.07, 6.45) is 0.971. The number of hydrogen-bond acceptors (Lipinski definition) is 4. The highest BCUT2D eigenvalue weighted by Crippen LogP contribution is 2.26. The van der Waals surface area contributed by atoms with Crippen molar-refractivity contribution in [3.05, 3.63) is 22.7 Å². The molecule has 84 valence electrons. The third-order valence-corrected chi connectivity index (χ3v) is 4.50. The minimum absolute atomic E-state index is 0.0817. The van der Waals surface area contributed by atoms with Crippen LogP contribution in [0.25, 0.3) is 0 Å². The van der Waals surface area contributed by atoms with Gasteiger partial charge in [-0.05, 0) is 34.1 Å². The van der Waals surface area contributed by atoms with Gasteiger partial charge in [-0.1, -0.05) is 0 Å². The van der Waals surface area contributed by atoms with Crippen molar-refractivity contribution in [2.24, 2.45) is 0 Å². The highest BCUT2D eigenvalue weighted by molar-refractivity contribution is 9.10. The zero-order chi connectivity index (χ0) is 11.9. The first kappa shape index (κ1) is 12.6. The van der Waals surface area contributed by atoms with Crippen LogP contribution in [0.5, 0.6) is 0 Å². The fraction of sp³-hybridized carbons (Fsp3) is 0.143. The van der Waals surface area contributed by atoms with Gasteiger partial charge in [0.05, 0.1) is 4.90 Å². The molecule has 0 aliphatic heterocycles. The second-order valence-corrected chi connectivity index (χ2v) is 6.99. The van der Waals surface area contributed by atoms with Gasteiger partial charge >= 0.3 is 10.2 Å². The first-order chi connectivity index (χ1) is 6.62. The van der Waals surface area contributed by atoms with Crippen molar-refractivity contribution in [1.29, 1.82) is 0 Å². The van der Waals surface area contributed by atoms with Gasteiger partial charge < -0.3 is 0 Å². The SMILES string of the molecule is CS(=O)(=O)c1ccc(S(=O)(=O)F)c(Br)c1. The Morgan fingerprint density at radius 2 is 1.73 bits per heavy atom. The standard InChI is InChI=1S/C7H6BrFO4S2/c1-14(10,11)5-2-3-7(6(8)4-5)15(9,12)13/h2-4H,1H3. The molecule has 15 heavy (non-hydrogen) atoms. The van der Waals surface area contributed by atoms with Crippen LogP contribution in [0.1, 0.15) is 0 Å².